The van der Waals surface area contributed by atoms with Crippen molar-refractivity contribution >= 4 is 5.78 Å². The van der Waals surface area contributed by atoms with E-state index in [1.54, 1.807) is 0 Å². The zero-order chi connectivity index (χ0) is 27.7. The van der Waals surface area contributed by atoms with Crippen LogP contribution in [0.25, 0.3) is 0 Å². The molecule has 0 bridgehead atoms. The van der Waals surface area contributed by atoms with Crippen molar-refractivity contribution in [3.05, 3.63) is 0 Å². The van der Waals surface area contributed by atoms with Gasteiger partial charge in [0.05, 0.1) is 19.8 Å². The van der Waals surface area contributed by atoms with Crippen LogP contribution in [0.5, 0.6) is 0 Å². The predicted molar refractivity (Wildman–Crippen MR) is 105 cm³/mol. The van der Waals surface area contributed by atoms with Gasteiger partial charge in [-0.1, -0.05) is 0 Å². The van der Waals surface area contributed by atoms with Crippen LogP contribution < -0.4 is 0 Å². The van der Waals surface area contributed by atoms with E-state index in [9.17, 15) is 66.1 Å². The van der Waals surface area contributed by atoms with E-state index in [0.29, 0.717) is 0 Å². The normalized spacial score (nSPS) is 45.1. The molecule has 0 aromatic carbocycles. The number of ketones is 1. The smallest absolute Gasteiger partial charge is 0.311 e. The van der Waals surface area contributed by atoms with E-state index in [4.69, 9.17) is 24.4 Å². The third kappa shape index (κ3) is 5.70. The van der Waals surface area contributed by atoms with E-state index in [2.05, 4.69) is 0 Å². The first-order valence-corrected chi connectivity index (χ1v) is 10.6. The van der Waals surface area contributed by atoms with Crippen molar-refractivity contribution in [2.45, 2.75) is 85.0 Å². The minimum Gasteiger partial charge on any atom is -0.394 e. The number of hydrogen-bond donors (Lipinski definition) is 14. The monoisotopic (exact) mass is 536 g/mol. The van der Waals surface area contributed by atoms with Crippen LogP contribution in [-0.2, 0) is 19.0 Å². The Morgan fingerprint density at radius 3 is 1.72 bits per heavy atom. The summed E-state index contributed by atoms with van der Waals surface area (Å²) in [5, 5.41) is 138. The van der Waals surface area contributed by atoms with Crippen molar-refractivity contribution in [2.75, 3.05) is 19.8 Å². The molecule has 0 spiro atoms. The average molecular weight is 536 g/mol. The molecule has 0 aliphatic carbocycles. The molecule has 14 atom stereocenters. The molecule has 2 fully saturated rings. The lowest BCUT2D eigenvalue weighted by Crippen LogP contribution is -2.70. The molecule has 18 nitrogen and oxygen atoms in total. The van der Waals surface area contributed by atoms with E-state index in [-0.39, 0.29) is 0 Å². The van der Waals surface area contributed by atoms with E-state index in [1.807, 2.05) is 0 Å². The van der Waals surface area contributed by atoms with Gasteiger partial charge in [0.15, 0.2) is 6.10 Å². The molecule has 14 N–H and O–H groups in total. The molecule has 0 amide bonds. The van der Waals surface area contributed by atoms with Crippen LogP contribution in [-0.4, -0.2) is 182 Å². The molecule has 2 rings (SSSR count). The van der Waals surface area contributed by atoms with Crippen molar-refractivity contribution in [1.82, 2.24) is 0 Å². The Morgan fingerprint density at radius 1 is 0.750 bits per heavy atom. The van der Waals surface area contributed by atoms with E-state index in [1.165, 1.54) is 0 Å². The second-order valence-electron chi connectivity index (χ2n) is 8.53. The predicted octanol–water partition coefficient (Wildman–Crippen LogP) is -9.70. The lowest BCUT2D eigenvalue weighted by atomic mass is 9.86. The Kier molecular flexibility index (Phi) is 10.2. The molecule has 2 saturated heterocycles. The summed E-state index contributed by atoms with van der Waals surface area (Å²) in [7, 11) is 0. The van der Waals surface area contributed by atoms with Crippen LogP contribution in [0.3, 0.4) is 0 Å². The maximum Gasteiger partial charge on any atom is 0.311 e. The molecule has 212 valence electrons. The van der Waals surface area contributed by atoms with Crippen LogP contribution in [0.4, 0.5) is 0 Å². The van der Waals surface area contributed by atoms with Gasteiger partial charge in [0, 0.05) is 0 Å². The first kappa shape index (κ1) is 31.2. The van der Waals surface area contributed by atoms with E-state index < -0.39 is 111 Å². The molecule has 36 heavy (non-hydrogen) atoms. The minimum absolute atomic E-state index is 0.950. The average Bonchev–Trinajstić information content (AvgIpc) is 2.87. The van der Waals surface area contributed by atoms with E-state index in [0.717, 1.165) is 0 Å². The number of hydrogen-bond acceptors (Lipinski definition) is 18. The highest BCUT2D eigenvalue weighted by molar-refractivity contribution is 5.91. The second kappa shape index (κ2) is 11.8. The largest absolute Gasteiger partial charge is 0.394 e. The topological polar surface area (TPSA) is 328 Å². The lowest BCUT2D eigenvalue weighted by molar-refractivity contribution is -0.451. The zero-order valence-electron chi connectivity index (χ0n) is 18.4. The molecule has 2 aliphatic rings. The highest BCUT2D eigenvalue weighted by atomic mass is 16.8. The fourth-order valence-corrected chi connectivity index (χ4v) is 3.69. The minimum atomic E-state index is -3.49. The molecule has 2 heterocycles. The number of aliphatic hydroxyl groups is 14. The van der Waals surface area contributed by atoms with Gasteiger partial charge in [-0.05, 0) is 0 Å². The number of Topliss-reactive ketones (excluding diaryl/α,β-unsaturated/α-hetero) is 1. The Morgan fingerprint density at radius 2 is 1.22 bits per heavy atom. The third-order valence-electron chi connectivity index (χ3n) is 6.04. The molecule has 0 aromatic heterocycles. The number of carbonyl (C=O) groups is 1. The highest BCUT2D eigenvalue weighted by Crippen LogP contribution is 2.32. The summed E-state index contributed by atoms with van der Waals surface area (Å²) >= 11 is 0. The van der Waals surface area contributed by atoms with Gasteiger partial charge < -0.3 is 85.7 Å². The fourth-order valence-electron chi connectivity index (χ4n) is 3.69. The maximum atomic E-state index is 12.5. The fraction of sp³-hybridized carbons (Fsp3) is 0.944. The summed E-state index contributed by atoms with van der Waals surface area (Å²) in [6.45, 7) is -3.24. The first-order chi connectivity index (χ1) is 16.6. The molecule has 0 radical (unpaired) electrons. The van der Waals surface area contributed by atoms with Crippen molar-refractivity contribution in [1.29, 1.82) is 0 Å². The van der Waals surface area contributed by atoms with E-state index >= 15 is 0 Å². The summed E-state index contributed by atoms with van der Waals surface area (Å²) in [5.74, 6) is -8.58. The summed E-state index contributed by atoms with van der Waals surface area (Å²) < 4.78 is 14.2. The lowest BCUT2D eigenvalue weighted by Gasteiger charge is -2.45. The van der Waals surface area contributed by atoms with Crippen LogP contribution in [0, 0.1) is 0 Å². The molecular formula is C18H32O18. The van der Waals surface area contributed by atoms with Gasteiger partial charge in [0.25, 0.3) is 5.79 Å². The summed E-state index contributed by atoms with van der Waals surface area (Å²) in [5.41, 5.74) is 0. The Bertz CT molecular complexity index is 737. The highest BCUT2D eigenvalue weighted by Gasteiger charge is 2.59. The summed E-state index contributed by atoms with van der Waals surface area (Å²) in [4.78, 5) is 12.5. The zero-order valence-corrected chi connectivity index (χ0v) is 18.4. The standard InChI is InChI=1S/C18H32O18/c19-1-5-8(23)11(26)14(29)17(32,35-5)15(30)13(28)10(25)7(22)4(21)3-34-18(33)16(31)12(27)9(24)6(2-20)36-18/h4-14,16,19-29,31-33H,1-3H2/t4-,5+,6-,7-,8+,9-,10+,11-,12+,13-,14+,16-,17+,18?/m1/s1. The Labute approximate surface area is 202 Å². The van der Waals surface area contributed by atoms with Crippen molar-refractivity contribution < 1.29 is 90.5 Å². The van der Waals surface area contributed by atoms with Gasteiger partial charge in [0.1, 0.15) is 67.1 Å². The number of aliphatic hydroxyl groups excluding tert-OH is 12. The van der Waals surface area contributed by atoms with Gasteiger partial charge in [0.2, 0.25) is 5.78 Å². The van der Waals surface area contributed by atoms with Gasteiger partial charge >= 0.3 is 5.97 Å². The van der Waals surface area contributed by atoms with Crippen LogP contribution in [0.1, 0.15) is 0 Å². The second-order valence-corrected chi connectivity index (χ2v) is 8.53. The quantitative estimate of drug-likeness (QED) is 0.115. The van der Waals surface area contributed by atoms with Gasteiger partial charge in [-0.3, -0.25) is 4.79 Å². The molecule has 2 aliphatic heterocycles. The molecule has 0 saturated carbocycles. The Hall–Kier alpha value is -1.01. The van der Waals surface area contributed by atoms with Crippen molar-refractivity contribution in [2.24, 2.45) is 0 Å². The summed E-state index contributed by atoms with van der Waals surface area (Å²) in [6, 6.07) is 0. The van der Waals surface area contributed by atoms with Crippen molar-refractivity contribution in [3.63, 3.8) is 0 Å². The van der Waals surface area contributed by atoms with Crippen LogP contribution in [0.15, 0.2) is 0 Å². The van der Waals surface area contributed by atoms with Crippen LogP contribution >= 0.6 is 0 Å². The first-order valence-electron chi connectivity index (χ1n) is 10.6. The van der Waals surface area contributed by atoms with Crippen LogP contribution in [0.2, 0.25) is 0 Å². The number of carbonyl (C=O) groups excluding carboxylic acids is 1. The molecular weight excluding hydrogens is 504 g/mol. The SMILES string of the molecule is O=C([C@H](O)[C@@H](O)[C@H](O)[C@H](O)COC1(O)O[C@H](CO)[C@@H](O)[C@H](O)[C@H]1O)[C@@]1(O)O[C@@H](CO)[C@H](O)[C@@H](O)[C@@H]1O. The summed E-state index contributed by atoms with van der Waals surface area (Å²) in [6.07, 6.45) is -26.8. The Balaban J connectivity index is 2.08. The third-order valence-corrected chi connectivity index (χ3v) is 6.04. The van der Waals surface area contributed by atoms with Gasteiger partial charge in [-0.15, -0.1) is 0 Å². The number of rotatable bonds is 10. The van der Waals surface area contributed by atoms with Gasteiger partial charge in [-0.2, -0.15) is 0 Å². The maximum absolute atomic E-state index is 12.5. The van der Waals surface area contributed by atoms with Gasteiger partial charge in [-0.25, -0.2) is 0 Å². The molecule has 18 heteroatoms. The number of ether oxygens (including phenoxy) is 3. The molecule has 1 unspecified atom stereocenters. The molecule has 0 aromatic rings. The van der Waals surface area contributed by atoms with Crippen molar-refractivity contribution in [3.8, 4) is 0 Å².